The molecule has 12 nitrogen and oxygen atoms in total. The normalized spacial score (nSPS) is 21.2. The van der Waals surface area contributed by atoms with Crippen LogP contribution in [0, 0.1) is 5.92 Å². The highest BCUT2D eigenvalue weighted by molar-refractivity contribution is 5.93. The number of amides is 1. The van der Waals surface area contributed by atoms with Gasteiger partial charge in [-0.25, -0.2) is 9.97 Å². The van der Waals surface area contributed by atoms with Gasteiger partial charge in [-0.05, 0) is 118 Å². The monoisotopic (exact) mass is 929 g/mol. The Balaban J connectivity index is 0.000000172. The molecular weight excluding hydrogens is 868 g/mol. The van der Waals surface area contributed by atoms with E-state index in [0.717, 1.165) is 119 Å². The van der Waals surface area contributed by atoms with Gasteiger partial charge in [-0.15, -0.1) is 0 Å². The quantitative estimate of drug-likeness (QED) is 0.137. The van der Waals surface area contributed by atoms with Crippen molar-refractivity contribution in [3.8, 4) is 22.5 Å². The summed E-state index contributed by atoms with van der Waals surface area (Å²) in [7, 11) is 1.24. The first kappa shape index (κ1) is 47.0. The second-order valence-electron chi connectivity index (χ2n) is 18.5. The van der Waals surface area contributed by atoms with Crippen LogP contribution in [0.3, 0.4) is 0 Å². The van der Waals surface area contributed by atoms with Crippen LogP contribution in [0.25, 0.3) is 44.3 Å². The number of alkyl halides is 3. The van der Waals surface area contributed by atoms with Gasteiger partial charge in [0.05, 0.1) is 48.8 Å². The maximum atomic E-state index is 12.8. The van der Waals surface area contributed by atoms with Crippen molar-refractivity contribution in [1.82, 2.24) is 24.8 Å². The molecule has 2 aromatic carbocycles. The number of aromatic nitrogens is 4. The Morgan fingerprint density at radius 2 is 1.07 bits per heavy atom. The molecule has 6 heterocycles. The van der Waals surface area contributed by atoms with Gasteiger partial charge in [0.2, 0.25) is 0 Å². The van der Waals surface area contributed by atoms with Crippen LogP contribution in [0.1, 0.15) is 64.7 Å². The first-order chi connectivity index (χ1) is 33.1. The molecule has 15 heteroatoms. The van der Waals surface area contributed by atoms with Crippen LogP contribution >= 0.6 is 0 Å². The third-order valence-corrected chi connectivity index (χ3v) is 14.2. The number of ether oxygens (including phenoxy) is 2. The van der Waals surface area contributed by atoms with E-state index in [2.05, 4.69) is 98.0 Å². The largest absolute Gasteiger partial charge is 0.471 e. The highest BCUT2D eigenvalue weighted by atomic mass is 19.4. The van der Waals surface area contributed by atoms with E-state index >= 15 is 0 Å². The number of nitrogens with one attached hydrogen (secondary N) is 2. The Hall–Kier alpha value is -6.06. The molecule has 2 saturated heterocycles. The molecule has 2 aliphatic heterocycles. The van der Waals surface area contributed by atoms with E-state index in [-0.39, 0.29) is 6.04 Å². The van der Waals surface area contributed by atoms with Crippen LogP contribution in [0.2, 0.25) is 0 Å². The Kier molecular flexibility index (Phi) is 14.9. The van der Waals surface area contributed by atoms with Gasteiger partial charge in [0.1, 0.15) is 11.6 Å². The predicted octanol–water partition coefficient (Wildman–Crippen LogP) is 10.4. The lowest BCUT2D eigenvalue weighted by molar-refractivity contribution is -0.186. The van der Waals surface area contributed by atoms with E-state index in [0.29, 0.717) is 37.5 Å². The van der Waals surface area contributed by atoms with Crippen molar-refractivity contribution >= 4 is 50.7 Å². The minimum atomic E-state index is -4.85. The Labute approximate surface area is 396 Å². The summed E-state index contributed by atoms with van der Waals surface area (Å²) in [5.74, 6) is 0.787. The minimum Gasteiger partial charge on any atom is -0.378 e. The number of nitrogens with zero attached hydrogens (tertiary/aromatic N) is 7. The van der Waals surface area contributed by atoms with Gasteiger partial charge in [0.15, 0.2) is 0 Å². The number of hydrogen-bond acceptors (Lipinski definition) is 11. The summed E-state index contributed by atoms with van der Waals surface area (Å²) in [5, 5.41) is 9.28. The fraction of sp³-hybridized carbons (Fsp3) is 0.453. The van der Waals surface area contributed by atoms with Crippen LogP contribution in [0.5, 0.6) is 0 Å². The average Bonchev–Trinajstić information content (AvgIpc) is 3.39. The Morgan fingerprint density at radius 3 is 1.49 bits per heavy atom. The molecule has 2 aliphatic carbocycles. The van der Waals surface area contributed by atoms with E-state index in [1.807, 2.05) is 30.5 Å². The number of halogens is 3. The van der Waals surface area contributed by atoms with Crippen LogP contribution in [0.4, 0.5) is 36.2 Å². The molecule has 2 saturated carbocycles. The average molecular weight is 930 g/mol. The smallest absolute Gasteiger partial charge is 0.378 e. The van der Waals surface area contributed by atoms with Crippen LogP contribution in [0.15, 0.2) is 97.3 Å². The fourth-order valence-corrected chi connectivity index (χ4v) is 10.1. The maximum Gasteiger partial charge on any atom is 0.471 e. The van der Waals surface area contributed by atoms with Gasteiger partial charge in [-0.3, -0.25) is 14.8 Å². The van der Waals surface area contributed by atoms with E-state index in [9.17, 15) is 18.0 Å². The zero-order valence-corrected chi connectivity index (χ0v) is 39.1. The topological polar surface area (TPSA) is 121 Å². The number of hydrogen-bond donors (Lipinski definition) is 2. The van der Waals surface area contributed by atoms with Gasteiger partial charge < -0.3 is 34.8 Å². The third kappa shape index (κ3) is 11.3. The second-order valence-corrected chi connectivity index (χ2v) is 18.5. The lowest BCUT2D eigenvalue weighted by Gasteiger charge is -2.35. The van der Waals surface area contributed by atoms with E-state index in [1.54, 1.807) is 6.20 Å². The first-order valence-electron chi connectivity index (χ1n) is 24.3. The second kappa shape index (κ2) is 21.5. The minimum absolute atomic E-state index is 0.0421. The molecule has 0 bridgehead atoms. The van der Waals surface area contributed by atoms with Gasteiger partial charge in [0, 0.05) is 97.0 Å². The van der Waals surface area contributed by atoms with Gasteiger partial charge >= 0.3 is 12.1 Å². The van der Waals surface area contributed by atoms with Crippen molar-refractivity contribution in [2.75, 3.05) is 80.1 Å². The highest BCUT2D eigenvalue weighted by Gasteiger charge is 2.43. The summed E-state index contributed by atoms with van der Waals surface area (Å²) in [6.07, 6.45) is 7.41. The van der Waals surface area contributed by atoms with E-state index < -0.39 is 18.1 Å². The lowest BCUT2D eigenvalue weighted by Crippen LogP contribution is -2.46. The first-order valence-corrected chi connectivity index (χ1v) is 24.3. The van der Waals surface area contributed by atoms with Crippen molar-refractivity contribution in [3.63, 3.8) is 0 Å². The molecule has 68 heavy (non-hydrogen) atoms. The summed E-state index contributed by atoms with van der Waals surface area (Å²) in [6, 6.07) is 29.2. The molecule has 4 aromatic heterocycles. The van der Waals surface area contributed by atoms with Gasteiger partial charge in [-0.2, -0.15) is 13.2 Å². The van der Waals surface area contributed by atoms with Gasteiger partial charge in [0.25, 0.3) is 0 Å². The molecule has 4 fully saturated rings. The summed E-state index contributed by atoms with van der Waals surface area (Å²) in [6.45, 7) is 9.01. The number of anilines is 4. The van der Waals surface area contributed by atoms with Crippen LogP contribution in [-0.4, -0.2) is 115 Å². The summed E-state index contributed by atoms with van der Waals surface area (Å²) in [4.78, 5) is 36.3. The molecule has 4 aliphatic rings. The molecular formula is C53H62F3N9O3. The number of benzene rings is 2. The standard InChI is InChI=1S/C27H30F3N5O2.C26H32N4O/c1-34(26(36)27(28,29)30)20-10-6-19(7-11-20)32-25-22-3-2-12-31-24(22)17-23(33-25)18-4-8-21(9-5-18)35-13-15-37-16-14-35;1-2-19-5-9-21(10-6-19)28-26-23-4-3-13-27-25(23)18-24(29-26)20-7-11-22(12-8-20)30-14-16-31-17-15-30/h2-5,8-9,12,17,19-20H,6-7,10-11,13-16H2,1H3,(H,32,33);3-4,7-8,11-13,18-19,21H,2,5-6,9-10,14-17H2,1H3,(H,28,29). The molecule has 6 aromatic rings. The molecule has 0 atom stereocenters. The van der Waals surface area contributed by atoms with Crippen molar-refractivity contribution in [3.05, 3.63) is 97.3 Å². The predicted molar refractivity (Wildman–Crippen MR) is 264 cm³/mol. The number of carbonyl (C=O) groups excluding carboxylic acids is 1. The molecule has 0 unspecified atom stereocenters. The maximum absolute atomic E-state index is 12.8. The molecule has 2 N–H and O–H groups in total. The number of morpholine rings is 2. The summed E-state index contributed by atoms with van der Waals surface area (Å²) in [5.41, 5.74) is 8.08. The molecule has 0 spiro atoms. The lowest BCUT2D eigenvalue weighted by atomic mass is 9.84. The Bertz CT molecular complexity index is 2610. The molecule has 0 radical (unpaired) electrons. The summed E-state index contributed by atoms with van der Waals surface area (Å²) >= 11 is 0. The Morgan fingerprint density at radius 1 is 0.647 bits per heavy atom. The number of fused-ring (bicyclic) bond motifs is 2. The number of pyridine rings is 4. The van der Waals surface area contributed by atoms with Crippen molar-refractivity contribution < 1.29 is 27.4 Å². The van der Waals surface area contributed by atoms with E-state index in [4.69, 9.17) is 19.4 Å². The number of rotatable bonds is 10. The van der Waals surface area contributed by atoms with Crippen LogP contribution < -0.4 is 20.4 Å². The van der Waals surface area contributed by atoms with Gasteiger partial charge in [-0.1, -0.05) is 37.6 Å². The molecule has 358 valence electrons. The molecule has 10 rings (SSSR count). The summed E-state index contributed by atoms with van der Waals surface area (Å²) < 4.78 is 49.4. The molecule has 1 amide bonds. The van der Waals surface area contributed by atoms with Crippen molar-refractivity contribution in [1.29, 1.82) is 0 Å². The van der Waals surface area contributed by atoms with Crippen LogP contribution in [-0.2, 0) is 14.3 Å². The fourth-order valence-electron chi connectivity index (χ4n) is 10.1. The van der Waals surface area contributed by atoms with Crippen molar-refractivity contribution in [2.45, 2.75) is 89.0 Å². The number of carbonyl (C=O) groups is 1. The third-order valence-electron chi connectivity index (χ3n) is 14.2. The SMILES string of the molecule is CCC1CCC(Nc2nc(-c3ccc(N4CCOCC4)cc3)cc3ncccc23)CC1.CN(C(=O)C(F)(F)F)C1CCC(Nc2nc(-c3ccc(N4CCOCC4)cc3)cc3ncccc23)CC1. The van der Waals surface area contributed by atoms with Crippen molar-refractivity contribution in [2.24, 2.45) is 5.92 Å². The zero-order chi connectivity index (χ0) is 47.0. The highest BCUT2D eigenvalue weighted by Crippen LogP contribution is 2.35. The zero-order valence-electron chi connectivity index (χ0n) is 39.1. The van der Waals surface area contributed by atoms with E-state index in [1.165, 1.54) is 44.8 Å².